The van der Waals surface area contributed by atoms with Crippen LogP contribution in [0.25, 0.3) is 0 Å². The van der Waals surface area contributed by atoms with Crippen molar-refractivity contribution in [1.82, 2.24) is 5.32 Å². The van der Waals surface area contributed by atoms with Crippen LogP contribution in [0.3, 0.4) is 0 Å². The van der Waals surface area contributed by atoms with E-state index in [0.29, 0.717) is 34.7 Å². The molecule has 0 saturated carbocycles. The van der Waals surface area contributed by atoms with Gasteiger partial charge in [0.15, 0.2) is 5.78 Å². The maximum Gasteiger partial charge on any atom is 0.336 e. The van der Waals surface area contributed by atoms with E-state index in [2.05, 4.69) is 21.2 Å². The van der Waals surface area contributed by atoms with Crippen molar-refractivity contribution in [3.05, 3.63) is 91.7 Å². The van der Waals surface area contributed by atoms with Gasteiger partial charge in [0, 0.05) is 38.8 Å². The number of dihydropyridines is 1. The Morgan fingerprint density at radius 3 is 2.50 bits per heavy atom. The Balaban J connectivity index is 1.82. The summed E-state index contributed by atoms with van der Waals surface area (Å²) < 4.78 is 5.99. The van der Waals surface area contributed by atoms with Crippen LogP contribution in [-0.2, 0) is 14.3 Å². The Bertz CT molecular complexity index is 1090. The molecule has 4 nitrogen and oxygen atoms in total. The molecule has 0 radical (unpaired) electrons. The Hall–Kier alpha value is -2.37. The zero-order chi connectivity index (χ0) is 21.4. The van der Waals surface area contributed by atoms with Crippen molar-refractivity contribution in [2.45, 2.75) is 31.6 Å². The zero-order valence-corrected chi connectivity index (χ0v) is 19.0. The van der Waals surface area contributed by atoms with Crippen LogP contribution in [0.1, 0.15) is 42.7 Å². The monoisotopic (exact) mass is 485 g/mol. The number of allylic oxidation sites excluding steroid dienone is 3. The first kappa shape index (κ1) is 20.9. The quantitative estimate of drug-likeness (QED) is 0.571. The van der Waals surface area contributed by atoms with Crippen molar-refractivity contribution in [3.8, 4) is 0 Å². The molecule has 2 aromatic rings. The number of rotatable bonds is 3. The van der Waals surface area contributed by atoms with E-state index in [0.717, 1.165) is 21.3 Å². The molecule has 4 rings (SSSR count). The fraction of sp³-hybridized carbons (Fsp3) is 0.250. The van der Waals surface area contributed by atoms with Gasteiger partial charge in [-0.1, -0.05) is 57.9 Å². The molecular weight excluding hydrogens is 466 g/mol. The lowest BCUT2D eigenvalue weighted by molar-refractivity contribution is -0.136. The van der Waals surface area contributed by atoms with E-state index < -0.39 is 11.9 Å². The minimum atomic E-state index is -0.457. The number of methoxy groups -OCH3 is 1. The number of Topliss-reactive ketones (excluding diaryl/α,β-unsaturated/α-hetero) is 1. The standard InChI is InChI=1S/C24H21BrClNO3/c1-13-21(24(29)30-2)22(14-7-9-16(25)10-8-14)23-19(27-13)11-15(12-20(23)28)17-5-3-4-6-18(17)26/h3-10,15,22,27H,11-12H2,1-2H3/t15-,22-/m0/s1. The third kappa shape index (κ3) is 3.72. The molecule has 0 spiro atoms. The van der Waals surface area contributed by atoms with Gasteiger partial charge in [-0.2, -0.15) is 0 Å². The average Bonchev–Trinajstić information content (AvgIpc) is 2.73. The highest BCUT2D eigenvalue weighted by atomic mass is 79.9. The van der Waals surface area contributed by atoms with E-state index in [1.165, 1.54) is 7.11 Å². The molecule has 0 unspecified atom stereocenters. The number of hydrogen-bond acceptors (Lipinski definition) is 4. The van der Waals surface area contributed by atoms with Crippen LogP contribution < -0.4 is 5.32 Å². The highest BCUT2D eigenvalue weighted by molar-refractivity contribution is 9.10. The van der Waals surface area contributed by atoms with Gasteiger partial charge in [0.05, 0.1) is 12.7 Å². The number of hydrogen-bond donors (Lipinski definition) is 1. The summed E-state index contributed by atoms with van der Waals surface area (Å²) in [6, 6.07) is 15.4. The highest BCUT2D eigenvalue weighted by Gasteiger charge is 2.41. The molecular formula is C24H21BrClNO3. The fourth-order valence-electron chi connectivity index (χ4n) is 4.43. The molecule has 1 aliphatic carbocycles. The van der Waals surface area contributed by atoms with E-state index in [1.807, 2.05) is 55.5 Å². The average molecular weight is 487 g/mol. The number of ether oxygens (including phenoxy) is 1. The van der Waals surface area contributed by atoms with Gasteiger partial charge in [0.25, 0.3) is 0 Å². The third-order valence-electron chi connectivity index (χ3n) is 5.78. The van der Waals surface area contributed by atoms with E-state index in [9.17, 15) is 9.59 Å². The number of nitrogens with one attached hydrogen (secondary N) is 1. The van der Waals surface area contributed by atoms with Gasteiger partial charge in [0.2, 0.25) is 0 Å². The smallest absolute Gasteiger partial charge is 0.336 e. The minimum absolute atomic E-state index is 0.00417. The summed E-state index contributed by atoms with van der Waals surface area (Å²) in [6.45, 7) is 1.85. The second-order valence-electron chi connectivity index (χ2n) is 7.58. The van der Waals surface area contributed by atoms with E-state index in [1.54, 1.807) is 0 Å². The van der Waals surface area contributed by atoms with Crippen molar-refractivity contribution in [2.75, 3.05) is 7.11 Å². The molecule has 1 N–H and O–H groups in total. The third-order valence-corrected chi connectivity index (χ3v) is 6.65. The van der Waals surface area contributed by atoms with E-state index >= 15 is 0 Å². The molecule has 154 valence electrons. The van der Waals surface area contributed by atoms with Gasteiger partial charge < -0.3 is 10.1 Å². The summed E-state index contributed by atoms with van der Waals surface area (Å²) in [5.41, 5.74) is 4.54. The molecule has 1 aliphatic heterocycles. The van der Waals surface area contributed by atoms with Gasteiger partial charge in [-0.3, -0.25) is 4.79 Å². The predicted molar refractivity (Wildman–Crippen MR) is 120 cm³/mol. The summed E-state index contributed by atoms with van der Waals surface area (Å²) >= 11 is 9.86. The fourth-order valence-corrected chi connectivity index (χ4v) is 4.99. The normalized spacial score (nSPS) is 21.3. The summed E-state index contributed by atoms with van der Waals surface area (Å²) in [5.74, 6) is -0.868. The minimum Gasteiger partial charge on any atom is -0.466 e. The molecule has 2 aliphatic rings. The van der Waals surface area contributed by atoms with Gasteiger partial charge >= 0.3 is 5.97 Å². The first-order valence-electron chi connectivity index (χ1n) is 9.73. The zero-order valence-electron chi connectivity index (χ0n) is 16.7. The maximum absolute atomic E-state index is 13.4. The summed E-state index contributed by atoms with van der Waals surface area (Å²) in [6.07, 6.45) is 1.01. The molecule has 2 atom stereocenters. The molecule has 30 heavy (non-hydrogen) atoms. The van der Waals surface area contributed by atoms with Crippen molar-refractivity contribution >= 4 is 39.3 Å². The van der Waals surface area contributed by atoms with Crippen LogP contribution in [-0.4, -0.2) is 18.9 Å². The predicted octanol–water partition coefficient (Wildman–Crippen LogP) is 5.64. The molecule has 0 amide bonds. The topological polar surface area (TPSA) is 55.4 Å². The van der Waals surface area contributed by atoms with Crippen molar-refractivity contribution < 1.29 is 14.3 Å². The van der Waals surface area contributed by atoms with Crippen LogP contribution in [0.4, 0.5) is 0 Å². The maximum atomic E-state index is 13.4. The van der Waals surface area contributed by atoms with Gasteiger partial charge in [-0.25, -0.2) is 4.79 Å². The summed E-state index contributed by atoms with van der Waals surface area (Å²) in [4.78, 5) is 26.1. The summed E-state index contributed by atoms with van der Waals surface area (Å²) in [7, 11) is 1.36. The molecule has 2 aromatic carbocycles. The number of halogens is 2. The van der Waals surface area contributed by atoms with Crippen molar-refractivity contribution in [2.24, 2.45) is 0 Å². The SMILES string of the molecule is COC(=O)C1=C(C)NC2=C(C(=O)C[C@@H](c3ccccc3Cl)C2)[C@H]1c1ccc(Br)cc1. The Kier molecular flexibility index (Phi) is 5.85. The van der Waals surface area contributed by atoms with Crippen LogP contribution in [0.2, 0.25) is 5.02 Å². The van der Waals surface area contributed by atoms with Crippen LogP contribution >= 0.6 is 27.5 Å². The van der Waals surface area contributed by atoms with Crippen molar-refractivity contribution in [1.29, 1.82) is 0 Å². The molecule has 0 fully saturated rings. The molecule has 0 bridgehead atoms. The summed E-state index contributed by atoms with van der Waals surface area (Å²) in [5, 5.41) is 4.00. The molecule has 6 heteroatoms. The van der Waals surface area contributed by atoms with Crippen molar-refractivity contribution in [3.63, 3.8) is 0 Å². The molecule has 0 aromatic heterocycles. The van der Waals surface area contributed by atoms with E-state index in [4.69, 9.17) is 16.3 Å². The second kappa shape index (κ2) is 8.40. The van der Waals surface area contributed by atoms with Gasteiger partial charge in [-0.05, 0) is 48.6 Å². The Morgan fingerprint density at radius 1 is 1.13 bits per heavy atom. The number of esters is 1. The molecule has 0 saturated heterocycles. The lowest BCUT2D eigenvalue weighted by Crippen LogP contribution is -2.36. The largest absolute Gasteiger partial charge is 0.466 e. The Morgan fingerprint density at radius 2 is 1.83 bits per heavy atom. The highest BCUT2D eigenvalue weighted by Crippen LogP contribution is 2.46. The van der Waals surface area contributed by atoms with Crippen LogP contribution in [0, 0.1) is 0 Å². The van der Waals surface area contributed by atoms with Gasteiger partial charge in [-0.15, -0.1) is 0 Å². The number of benzene rings is 2. The van der Waals surface area contributed by atoms with E-state index in [-0.39, 0.29) is 11.7 Å². The molecule has 1 heterocycles. The first-order valence-corrected chi connectivity index (χ1v) is 10.9. The number of ketones is 1. The number of carbonyl (C=O) groups is 2. The second-order valence-corrected chi connectivity index (χ2v) is 8.90. The first-order chi connectivity index (χ1) is 14.4. The Labute approximate surface area is 189 Å². The lowest BCUT2D eigenvalue weighted by atomic mass is 9.72. The number of carbonyl (C=O) groups excluding carboxylic acids is 2. The van der Waals surface area contributed by atoms with Crippen LogP contribution in [0.5, 0.6) is 0 Å². The van der Waals surface area contributed by atoms with Gasteiger partial charge in [0.1, 0.15) is 0 Å². The lowest BCUT2D eigenvalue weighted by Gasteiger charge is -2.36. The van der Waals surface area contributed by atoms with Crippen LogP contribution in [0.15, 0.2) is 75.5 Å².